The van der Waals surface area contributed by atoms with Crippen LogP contribution in [0.25, 0.3) is 33.8 Å². The summed E-state index contributed by atoms with van der Waals surface area (Å²) in [5.41, 5.74) is 1.88. The number of aromatic amines is 2. The number of H-pyrrole nitrogens is 2. The summed E-state index contributed by atoms with van der Waals surface area (Å²) >= 11 is 0. The van der Waals surface area contributed by atoms with Gasteiger partial charge in [0.1, 0.15) is 23.1 Å². The second-order valence-electron chi connectivity index (χ2n) is 16.0. The molecule has 0 saturated carbocycles. The van der Waals surface area contributed by atoms with Gasteiger partial charge in [0.05, 0.1) is 51.6 Å². The zero-order valence-corrected chi connectivity index (χ0v) is 52.7. The fraction of sp³-hybridized carbons (Fsp3) is 0.467. The third-order valence-corrected chi connectivity index (χ3v) is 13.9. The minimum Gasteiger partial charge on any atom is -1.00 e. The zero-order valence-electron chi connectivity index (χ0n) is 44.2. The summed E-state index contributed by atoms with van der Waals surface area (Å²) in [6, 6.07) is 10.4. The topological polar surface area (TPSA) is 342 Å². The second-order valence-corrected chi connectivity index (χ2v) is 20.5. The number of fused-ring (bicyclic) bond motifs is 2. The summed E-state index contributed by atoms with van der Waals surface area (Å²) < 4.78 is 65.2. The van der Waals surface area contributed by atoms with Crippen LogP contribution in [0.1, 0.15) is 71.9 Å². The van der Waals surface area contributed by atoms with E-state index < -0.39 is 19.1 Å². The van der Waals surface area contributed by atoms with Crippen molar-refractivity contribution in [3.63, 3.8) is 0 Å². The van der Waals surface area contributed by atoms with Gasteiger partial charge >= 0.3 is 103 Å². The molecule has 6 heterocycles. The number of aliphatic hydroxyl groups is 2. The molecule has 0 spiro atoms. The van der Waals surface area contributed by atoms with Crippen molar-refractivity contribution in [2.24, 2.45) is 11.8 Å². The molecule has 5 N–H and O–H groups in total. The van der Waals surface area contributed by atoms with E-state index in [-0.39, 0.29) is 181 Å². The number of nitriles is 1. The second kappa shape index (κ2) is 33.6. The number of halogens is 2. The van der Waals surface area contributed by atoms with E-state index in [0.717, 1.165) is 25.9 Å². The van der Waals surface area contributed by atoms with E-state index >= 15 is 0 Å². The summed E-state index contributed by atoms with van der Waals surface area (Å²) in [5, 5.41) is 45.4. The van der Waals surface area contributed by atoms with Gasteiger partial charge in [-0.3, -0.25) is 14.4 Å². The Hall–Kier alpha value is -2.75. The van der Waals surface area contributed by atoms with Gasteiger partial charge in [-0.15, -0.1) is 22.6 Å². The summed E-state index contributed by atoms with van der Waals surface area (Å²) in [4.78, 5) is 51.0. The van der Waals surface area contributed by atoms with Crippen molar-refractivity contribution in [2.75, 3.05) is 52.6 Å². The minimum atomic E-state index is -3.95. The Bertz CT molecular complexity index is 3200. The fourth-order valence-electron chi connectivity index (χ4n) is 7.21. The molecule has 2 saturated heterocycles. The largest absolute Gasteiger partial charge is 1.00 e. The summed E-state index contributed by atoms with van der Waals surface area (Å²) in [6.07, 6.45) is 2.98. The Balaban J connectivity index is 0.00000116. The molecule has 0 bridgehead atoms. The summed E-state index contributed by atoms with van der Waals surface area (Å²) in [5.74, 6) is 3.03. The first-order valence-electron chi connectivity index (χ1n) is 22.7. The first-order valence-corrected chi connectivity index (χ1v) is 26.5. The van der Waals surface area contributed by atoms with Gasteiger partial charge in [0.2, 0.25) is 10.0 Å². The number of rotatable bonds is 16. The molecule has 6 aromatic rings. The molecular weight excluding hydrogens is 1120 g/mol. The van der Waals surface area contributed by atoms with E-state index in [2.05, 4.69) is 40.3 Å². The van der Waals surface area contributed by atoms with Crippen molar-refractivity contribution in [1.82, 2.24) is 48.8 Å². The smallest absolute Gasteiger partial charge is 1.00 e. The van der Waals surface area contributed by atoms with E-state index in [1.165, 1.54) is 50.6 Å². The molecule has 2 aliphatic heterocycles. The number of hydrogen-bond donors (Lipinski definition) is 5. The van der Waals surface area contributed by atoms with Gasteiger partial charge in [0, 0.05) is 81.7 Å². The van der Waals surface area contributed by atoms with Crippen LogP contribution in [0.15, 0.2) is 55.8 Å². The van der Waals surface area contributed by atoms with Crippen LogP contribution in [0.3, 0.4) is 0 Å². The van der Waals surface area contributed by atoms with E-state index in [0.29, 0.717) is 95.3 Å². The Morgan fingerprint density at radius 3 is 1.52 bits per heavy atom. The summed E-state index contributed by atoms with van der Waals surface area (Å²) in [7, 11) is -2.23. The molecule has 24 nitrogen and oxygen atoms in total. The van der Waals surface area contributed by atoms with E-state index in [9.17, 15) is 31.5 Å². The molecule has 2 aliphatic rings. The Kier molecular flexibility index (Phi) is 31.5. The van der Waals surface area contributed by atoms with Crippen LogP contribution in [0.4, 0.5) is 0 Å². The van der Waals surface area contributed by atoms with Crippen molar-refractivity contribution in [3.8, 4) is 40.3 Å². The number of aliphatic hydroxyl groups excluding tert-OH is 2. The number of benzene rings is 2. The minimum absolute atomic E-state index is 0. The Morgan fingerprint density at radius 1 is 0.800 bits per heavy atom. The molecular formula is C45H61Cl2K2N11O13S2. The molecule has 2 fully saturated rings. The molecule has 0 aliphatic carbocycles. The molecule has 4 aromatic heterocycles. The number of hydrogen-bond acceptors (Lipinski definition) is 19. The average molecular weight is 1180 g/mol. The quantitative estimate of drug-likeness (QED) is 0.0209. The molecule has 2 aromatic carbocycles. The molecule has 402 valence electrons. The third kappa shape index (κ3) is 18.4. The van der Waals surface area contributed by atoms with Gasteiger partial charge in [-0.1, -0.05) is 13.8 Å². The van der Waals surface area contributed by atoms with Gasteiger partial charge in [0.15, 0.2) is 22.7 Å². The number of imidazole rings is 2. The maximum atomic E-state index is 13.0. The standard InChI is InChI=1S/C21H27N5O5S.C17H19ClN4O4S.C4H9NO.C2H3N.CH2O3.ClH.2K.H/c1-4-6-18-22-13(3)19-21(28)23-20(24-26(18)19)16-9-15(7-8-17(16)31-5-2)32(29,30)25-10-14(11-25)12-27;1-4-6-14-19-10(3)15-17(23)20-16(21-22(14)15)12-9-11(27(18,24)25)7-8-13(12)26-5-2;6-3-4-1-5-2-4;1-2-3;2-1-4-3;;;;/h7-9,14,27H,4-6,10-12H2,1-3H3,(H,23,24,28);7-9H,4-6H2,1-3H3,(H,20,21,23);4-6H,1-3H2;1H3;1,3H;1H;;;/q;;;;;;2*+1;-1/p-1. The molecule has 75 heavy (non-hydrogen) atoms. The van der Waals surface area contributed by atoms with Crippen molar-refractivity contribution >= 4 is 59.7 Å². The molecule has 0 unspecified atom stereocenters. The number of aromatic nitrogens is 8. The van der Waals surface area contributed by atoms with Crippen LogP contribution in [-0.2, 0) is 41.6 Å². The molecule has 30 heteroatoms. The Labute approximate surface area is 531 Å². The number of sulfonamides is 1. The van der Waals surface area contributed by atoms with Crippen LogP contribution in [0.2, 0.25) is 0 Å². The van der Waals surface area contributed by atoms with E-state index in [1.807, 2.05) is 20.8 Å². The number of nitrogens with one attached hydrogen (secondary N) is 3. The number of carbonyl (C=O) groups is 1. The monoisotopic (exact) mass is 1180 g/mol. The van der Waals surface area contributed by atoms with Gasteiger partial charge in [-0.25, -0.2) is 35.8 Å². The molecule has 0 amide bonds. The van der Waals surface area contributed by atoms with Crippen LogP contribution in [0.5, 0.6) is 11.5 Å². The number of aryl methyl sites for hydroxylation is 4. The predicted octanol–water partition coefficient (Wildman–Crippen LogP) is -3.27. The Morgan fingerprint density at radius 2 is 1.20 bits per heavy atom. The number of carbonyl (C=O) groups excluding carboxylic acids is 1. The zero-order chi connectivity index (χ0) is 53.3. The summed E-state index contributed by atoms with van der Waals surface area (Å²) in [6.45, 7) is 16.0. The predicted molar refractivity (Wildman–Crippen MR) is 271 cm³/mol. The molecule has 0 atom stereocenters. The molecule has 8 rings (SSSR count). The van der Waals surface area contributed by atoms with Crippen molar-refractivity contribution in [2.45, 2.75) is 83.9 Å². The average Bonchev–Trinajstić information content (AvgIpc) is 3.80. The first-order chi connectivity index (χ1) is 34.3. The number of nitrogens with zero attached hydrogens (tertiary/aromatic N) is 8. The fourth-order valence-corrected chi connectivity index (χ4v) is 9.61. The third-order valence-electron chi connectivity index (χ3n) is 10.7. The van der Waals surface area contributed by atoms with Crippen LogP contribution in [0, 0.1) is 37.0 Å². The van der Waals surface area contributed by atoms with Gasteiger partial charge in [-0.2, -0.15) is 9.57 Å². The maximum absolute atomic E-state index is 13.0. The van der Waals surface area contributed by atoms with Gasteiger partial charge < -0.3 is 46.5 Å². The van der Waals surface area contributed by atoms with Gasteiger partial charge in [-0.05, 0) is 76.9 Å². The van der Waals surface area contributed by atoms with Crippen LogP contribution < -0.4 is 134 Å². The van der Waals surface area contributed by atoms with Crippen molar-refractivity contribution in [1.29, 1.82) is 5.26 Å². The van der Waals surface area contributed by atoms with Crippen molar-refractivity contribution in [3.05, 3.63) is 80.1 Å². The SMILES string of the molecule is CC#N.CCCc1nc(C)c2c(=O)[nH]c(-c3cc(S(=O)(=O)Cl)ccc3OCC)nn12.CCCc1nc(C)c2c(=O)[nH]c(-c3cc(S(=O)(=O)N4CC(CO)C4)ccc3OCC)nn12.Cl.O=CO[O-].OCC1CNC1.[H-].[K+].[K+]. The van der Waals surface area contributed by atoms with Crippen molar-refractivity contribution < 1.29 is 156 Å². The van der Waals surface area contributed by atoms with E-state index in [4.69, 9.17) is 40.6 Å². The normalized spacial score (nSPS) is 13.0. The first kappa shape index (κ1) is 70.3. The van der Waals surface area contributed by atoms with E-state index in [1.54, 1.807) is 32.9 Å². The maximum Gasteiger partial charge on any atom is 1.00 e. The van der Waals surface area contributed by atoms with Crippen LogP contribution in [-0.4, -0.2) is 130 Å². The molecule has 0 radical (unpaired) electrons. The van der Waals surface area contributed by atoms with Crippen LogP contribution >= 0.6 is 23.1 Å². The number of ether oxygens (including phenoxy) is 2. The van der Waals surface area contributed by atoms with Gasteiger partial charge in [0.25, 0.3) is 26.6 Å².